The van der Waals surface area contributed by atoms with E-state index in [-0.39, 0.29) is 12.6 Å². The van der Waals surface area contributed by atoms with Gasteiger partial charge >= 0.3 is 0 Å². The molecule has 0 saturated carbocycles. The molecule has 1 atom stereocenters. The molecule has 0 unspecified atom stereocenters. The highest BCUT2D eigenvalue weighted by Crippen LogP contribution is 2.27. The molecule has 0 aromatic heterocycles. The molecule has 0 radical (unpaired) electrons. The van der Waals surface area contributed by atoms with Crippen molar-refractivity contribution in [2.75, 3.05) is 32.8 Å². The van der Waals surface area contributed by atoms with Crippen molar-refractivity contribution in [3.8, 4) is 0 Å². The zero-order chi connectivity index (χ0) is 11.4. The number of aliphatic hydroxyl groups is 1. The van der Waals surface area contributed by atoms with Crippen LogP contribution in [0.1, 0.15) is 11.6 Å². The Hall–Kier alpha value is -0.610. The third-order valence-electron chi connectivity index (χ3n) is 3.03. The van der Waals surface area contributed by atoms with Gasteiger partial charge in [-0.3, -0.25) is 4.90 Å². The van der Waals surface area contributed by atoms with E-state index in [1.807, 2.05) is 24.3 Å². The number of nitrogens with one attached hydrogen (secondary N) is 1. The summed E-state index contributed by atoms with van der Waals surface area (Å²) in [6.07, 6.45) is 0. The van der Waals surface area contributed by atoms with Crippen molar-refractivity contribution in [1.29, 1.82) is 0 Å². The van der Waals surface area contributed by atoms with E-state index in [1.165, 1.54) is 0 Å². The molecule has 16 heavy (non-hydrogen) atoms. The topological polar surface area (TPSA) is 35.5 Å². The second-order valence-electron chi connectivity index (χ2n) is 4.01. The van der Waals surface area contributed by atoms with Crippen LogP contribution in [0, 0.1) is 0 Å². The van der Waals surface area contributed by atoms with Gasteiger partial charge in [0.2, 0.25) is 0 Å². The van der Waals surface area contributed by atoms with E-state index in [9.17, 15) is 5.11 Å². The summed E-state index contributed by atoms with van der Waals surface area (Å²) in [5, 5.41) is 13.6. The minimum Gasteiger partial charge on any atom is -0.394 e. The molecule has 1 fully saturated rings. The van der Waals surface area contributed by atoms with Gasteiger partial charge in [0, 0.05) is 31.2 Å². The number of piperazine rings is 1. The number of rotatable bonds is 3. The molecule has 2 N–H and O–H groups in total. The first-order valence-electron chi connectivity index (χ1n) is 5.63. The number of aliphatic hydroxyl groups excluding tert-OH is 1. The maximum absolute atomic E-state index is 9.54. The van der Waals surface area contributed by atoms with Crippen molar-refractivity contribution in [2.24, 2.45) is 0 Å². The predicted octanol–water partition coefficient (Wildman–Crippen LogP) is 1.28. The van der Waals surface area contributed by atoms with Gasteiger partial charge in [0.25, 0.3) is 0 Å². The molecule has 1 aromatic carbocycles. The summed E-state index contributed by atoms with van der Waals surface area (Å²) in [5.41, 5.74) is 1.02. The second-order valence-corrected chi connectivity index (χ2v) is 4.41. The summed E-state index contributed by atoms with van der Waals surface area (Å²) in [4.78, 5) is 2.28. The van der Waals surface area contributed by atoms with Gasteiger partial charge in [0.05, 0.1) is 12.6 Å². The molecule has 1 aliphatic heterocycles. The van der Waals surface area contributed by atoms with Crippen LogP contribution in [-0.2, 0) is 0 Å². The van der Waals surface area contributed by atoms with Gasteiger partial charge in [-0.2, -0.15) is 0 Å². The van der Waals surface area contributed by atoms with Crippen LogP contribution in [0.25, 0.3) is 0 Å². The molecule has 3 nitrogen and oxygen atoms in total. The molecule has 0 aliphatic carbocycles. The fourth-order valence-electron chi connectivity index (χ4n) is 2.15. The van der Waals surface area contributed by atoms with Crippen molar-refractivity contribution in [3.63, 3.8) is 0 Å². The summed E-state index contributed by atoms with van der Waals surface area (Å²) in [6, 6.07) is 7.77. The lowest BCUT2D eigenvalue weighted by Crippen LogP contribution is -2.46. The van der Waals surface area contributed by atoms with Crippen LogP contribution in [-0.4, -0.2) is 42.8 Å². The normalized spacial score (nSPS) is 19.6. The molecule has 1 aliphatic rings. The molecule has 1 saturated heterocycles. The number of halogens is 1. The van der Waals surface area contributed by atoms with E-state index in [0.717, 1.165) is 36.8 Å². The van der Waals surface area contributed by atoms with E-state index < -0.39 is 0 Å². The monoisotopic (exact) mass is 240 g/mol. The molecule has 4 heteroatoms. The summed E-state index contributed by atoms with van der Waals surface area (Å²) in [6.45, 7) is 3.97. The van der Waals surface area contributed by atoms with E-state index in [2.05, 4.69) is 10.2 Å². The van der Waals surface area contributed by atoms with Crippen LogP contribution in [0.2, 0.25) is 5.02 Å². The Bertz CT molecular complexity index is 340. The van der Waals surface area contributed by atoms with Crippen molar-refractivity contribution < 1.29 is 5.11 Å². The zero-order valence-corrected chi connectivity index (χ0v) is 9.95. The minimum absolute atomic E-state index is 0.0239. The first-order valence-corrected chi connectivity index (χ1v) is 6.01. The molecular formula is C12H17ClN2O. The SMILES string of the molecule is OC[C@H](c1ccccc1Cl)N1CCNCC1. The fourth-order valence-corrected chi connectivity index (χ4v) is 2.41. The molecule has 88 valence electrons. The molecular weight excluding hydrogens is 224 g/mol. The van der Waals surface area contributed by atoms with E-state index in [1.54, 1.807) is 0 Å². The first kappa shape index (κ1) is 11.9. The number of hydrogen-bond donors (Lipinski definition) is 2. The van der Waals surface area contributed by atoms with Gasteiger partial charge in [-0.15, -0.1) is 0 Å². The zero-order valence-electron chi connectivity index (χ0n) is 9.19. The Labute approximate surface area is 101 Å². The van der Waals surface area contributed by atoms with Crippen LogP contribution in [0.5, 0.6) is 0 Å². The molecule has 2 rings (SSSR count). The molecule has 0 spiro atoms. The average molecular weight is 241 g/mol. The van der Waals surface area contributed by atoms with E-state index in [0.29, 0.717) is 0 Å². The first-order chi connectivity index (χ1) is 7.83. The number of hydrogen-bond acceptors (Lipinski definition) is 3. The van der Waals surface area contributed by atoms with Crippen molar-refractivity contribution >= 4 is 11.6 Å². The highest BCUT2D eigenvalue weighted by Gasteiger charge is 2.22. The Morgan fingerprint density at radius 2 is 2.00 bits per heavy atom. The second kappa shape index (κ2) is 5.64. The predicted molar refractivity (Wildman–Crippen MR) is 65.7 cm³/mol. The standard InChI is InChI=1S/C12H17ClN2O/c13-11-4-2-1-3-10(11)12(9-16)15-7-5-14-6-8-15/h1-4,12,14,16H,5-9H2/t12-/m1/s1. The number of benzene rings is 1. The third kappa shape index (κ3) is 2.55. The highest BCUT2D eigenvalue weighted by molar-refractivity contribution is 6.31. The smallest absolute Gasteiger partial charge is 0.0629 e. The Morgan fingerprint density at radius 1 is 1.31 bits per heavy atom. The summed E-state index contributed by atoms with van der Waals surface area (Å²) in [7, 11) is 0. The Morgan fingerprint density at radius 3 is 2.62 bits per heavy atom. The average Bonchev–Trinajstić information content (AvgIpc) is 2.34. The fraction of sp³-hybridized carbons (Fsp3) is 0.500. The molecule has 0 amide bonds. The molecule has 0 bridgehead atoms. The Balaban J connectivity index is 2.18. The van der Waals surface area contributed by atoms with Crippen LogP contribution >= 0.6 is 11.6 Å². The molecule has 1 aromatic rings. The van der Waals surface area contributed by atoms with Gasteiger partial charge in [0.15, 0.2) is 0 Å². The molecule has 1 heterocycles. The van der Waals surface area contributed by atoms with E-state index in [4.69, 9.17) is 11.6 Å². The summed E-state index contributed by atoms with van der Waals surface area (Å²) < 4.78 is 0. The van der Waals surface area contributed by atoms with Crippen molar-refractivity contribution in [2.45, 2.75) is 6.04 Å². The lowest BCUT2D eigenvalue weighted by molar-refractivity contribution is 0.111. The van der Waals surface area contributed by atoms with Gasteiger partial charge in [-0.05, 0) is 11.6 Å². The van der Waals surface area contributed by atoms with Gasteiger partial charge < -0.3 is 10.4 Å². The Kier molecular flexibility index (Phi) is 4.18. The quantitative estimate of drug-likeness (QED) is 0.836. The van der Waals surface area contributed by atoms with Gasteiger partial charge in [-0.25, -0.2) is 0 Å². The highest BCUT2D eigenvalue weighted by atomic mass is 35.5. The van der Waals surface area contributed by atoms with Crippen LogP contribution in [0.15, 0.2) is 24.3 Å². The lowest BCUT2D eigenvalue weighted by Gasteiger charge is -2.34. The van der Waals surface area contributed by atoms with E-state index >= 15 is 0 Å². The van der Waals surface area contributed by atoms with Crippen LogP contribution in [0.3, 0.4) is 0 Å². The lowest BCUT2D eigenvalue weighted by atomic mass is 10.1. The number of nitrogens with zero attached hydrogens (tertiary/aromatic N) is 1. The maximum atomic E-state index is 9.54. The maximum Gasteiger partial charge on any atom is 0.0629 e. The van der Waals surface area contributed by atoms with Crippen molar-refractivity contribution in [3.05, 3.63) is 34.9 Å². The van der Waals surface area contributed by atoms with Gasteiger partial charge in [-0.1, -0.05) is 29.8 Å². The minimum atomic E-state index is 0.0239. The van der Waals surface area contributed by atoms with Crippen molar-refractivity contribution in [1.82, 2.24) is 10.2 Å². The summed E-state index contributed by atoms with van der Waals surface area (Å²) in [5.74, 6) is 0. The largest absolute Gasteiger partial charge is 0.394 e. The third-order valence-corrected chi connectivity index (χ3v) is 3.37. The summed E-state index contributed by atoms with van der Waals surface area (Å²) >= 11 is 6.16. The van der Waals surface area contributed by atoms with Gasteiger partial charge in [0.1, 0.15) is 0 Å². The van der Waals surface area contributed by atoms with Crippen LogP contribution in [0.4, 0.5) is 0 Å². The van der Waals surface area contributed by atoms with Crippen LogP contribution < -0.4 is 5.32 Å².